The molecule has 2 N–H and O–H groups in total. The smallest absolute Gasteiger partial charge is 0.231 e. The summed E-state index contributed by atoms with van der Waals surface area (Å²) in [5.74, 6) is -0.649. The molecule has 2 amide bonds. The molecule has 8 nitrogen and oxygen atoms in total. The number of ether oxygens (including phenoxy) is 1. The number of anilines is 2. The van der Waals surface area contributed by atoms with Crippen molar-refractivity contribution in [1.29, 1.82) is 0 Å². The molecule has 5 rings (SSSR count). The van der Waals surface area contributed by atoms with E-state index >= 15 is 0 Å². The molecule has 0 aliphatic carbocycles. The van der Waals surface area contributed by atoms with Crippen LogP contribution in [-0.2, 0) is 33.6 Å². The number of nitrogens with one attached hydrogen (secondary N) is 2. The summed E-state index contributed by atoms with van der Waals surface area (Å²) in [5, 5.41) is 15.9. The van der Waals surface area contributed by atoms with Gasteiger partial charge in [0.2, 0.25) is 16.9 Å². The third-order valence-electron chi connectivity index (χ3n) is 6.38. The lowest BCUT2D eigenvalue weighted by atomic mass is 10.1. The molecular weight excluding hydrogens is 462 g/mol. The van der Waals surface area contributed by atoms with Crippen molar-refractivity contribution in [1.82, 2.24) is 15.5 Å². The Morgan fingerprint density at radius 3 is 2.69 bits per heavy atom. The first-order valence-electron chi connectivity index (χ1n) is 12.0. The molecule has 0 saturated carbocycles. The van der Waals surface area contributed by atoms with Gasteiger partial charge >= 0.3 is 0 Å². The molecule has 2 fully saturated rings. The van der Waals surface area contributed by atoms with Gasteiger partial charge in [-0.05, 0) is 36.1 Å². The van der Waals surface area contributed by atoms with E-state index < -0.39 is 5.92 Å². The number of nitrogens with zero attached hydrogens (tertiary/aromatic N) is 3. The average molecular weight is 492 g/mol. The predicted molar refractivity (Wildman–Crippen MR) is 136 cm³/mol. The van der Waals surface area contributed by atoms with Crippen LogP contribution >= 0.6 is 11.3 Å². The molecule has 2 aliphatic heterocycles. The number of hydrogen-bond acceptors (Lipinski definition) is 7. The highest BCUT2D eigenvalue weighted by Gasteiger charge is 2.35. The molecule has 3 heterocycles. The van der Waals surface area contributed by atoms with Crippen LogP contribution in [0.2, 0.25) is 0 Å². The fraction of sp³-hybridized carbons (Fsp3) is 0.385. The predicted octanol–water partition coefficient (Wildman–Crippen LogP) is 2.85. The Hall–Kier alpha value is -3.14. The van der Waals surface area contributed by atoms with Gasteiger partial charge in [-0.25, -0.2) is 0 Å². The van der Waals surface area contributed by atoms with E-state index in [0.29, 0.717) is 11.7 Å². The second-order valence-electron chi connectivity index (χ2n) is 8.95. The molecule has 9 heteroatoms. The topological polar surface area (TPSA) is 96.5 Å². The van der Waals surface area contributed by atoms with E-state index in [1.165, 1.54) is 22.5 Å². The minimum atomic E-state index is -0.416. The molecule has 182 valence electrons. The second kappa shape index (κ2) is 11.1. The van der Waals surface area contributed by atoms with Crippen molar-refractivity contribution in [2.24, 2.45) is 5.92 Å². The third kappa shape index (κ3) is 6.11. The van der Waals surface area contributed by atoms with Crippen LogP contribution in [0.4, 0.5) is 10.8 Å². The quantitative estimate of drug-likeness (QED) is 0.503. The second-order valence-corrected chi connectivity index (χ2v) is 10.0. The minimum absolute atomic E-state index is 0.0430. The Labute approximate surface area is 208 Å². The number of amides is 2. The minimum Gasteiger partial charge on any atom is -0.375 e. The summed E-state index contributed by atoms with van der Waals surface area (Å²) < 4.78 is 5.77. The summed E-state index contributed by atoms with van der Waals surface area (Å²) in [5.41, 5.74) is 3.23. The molecule has 3 aromatic rings. The van der Waals surface area contributed by atoms with E-state index in [2.05, 4.69) is 33.0 Å². The Balaban J connectivity index is 1.13. The van der Waals surface area contributed by atoms with Crippen LogP contribution in [0.3, 0.4) is 0 Å². The van der Waals surface area contributed by atoms with Crippen molar-refractivity contribution in [2.75, 3.05) is 36.5 Å². The van der Waals surface area contributed by atoms with E-state index in [-0.39, 0.29) is 24.3 Å². The van der Waals surface area contributed by atoms with Gasteiger partial charge in [0.05, 0.1) is 18.6 Å². The van der Waals surface area contributed by atoms with Crippen molar-refractivity contribution in [3.05, 3.63) is 70.7 Å². The van der Waals surface area contributed by atoms with Gasteiger partial charge in [-0.3, -0.25) is 9.59 Å². The van der Waals surface area contributed by atoms with Gasteiger partial charge in [-0.1, -0.05) is 53.8 Å². The van der Waals surface area contributed by atoms with Crippen molar-refractivity contribution in [2.45, 2.75) is 31.8 Å². The highest BCUT2D eigenvalue weighted by Crippen LogP contribution is 2.27. The highest BCUT2D eigenvalue weighted by atomic mass is 32.1. The molecule has 0 radical (unpaired) electrons. The van der Waals surface area contributed by atoms with Crippen molar-refractivity contribution in [3.63, 3.8) is 0 Å². The van der Waals surface area contributed by atoms with Gasteiger partial charge in [0, 0.05) is 38.2 Å². The Morgan fingerprint density at radius 1 is 1.09 bits per heavy atom. The molecule has 1 aromatic heterocycles. The Bertz CT molecular complexity index is 1150. The number of rotatable bonds is 8. The molecule has 2 aliphatic rings. The Morgan fingerprint density at radius 2 is 1.91 bits per heavy atom. The van der Waals surface area contributed by atoms with Crippen molar-refractivity contribution in [3.8, 4) is 0 Å². The van der Waals surface area contributed by atoms with E-state index in [0.717, 1.165) is 49.7 Å². The SMILES string of the molecule is O=C(Nc1nnc(CCc2ccccc2)s1)C1CC(=O)N(c2ccc(CC3CNCCO3)cc2)C1. The van der Waals surface area contributed by atoms with Crippen LogP contribution in [0.5, 0.6) is 0 Å². The van der Waals surface area contributed by atoms with E-state index in [4.69, 9.17) is 4.74 Å². The first-order chi connectivity index (χ1) is 17.1. The lowest BCUT2D eigenvalue weighted by molar-refractivity contribution is -0.122. The van der Waals surface area contributed by atoms with E-state index in [9.17, 15) is 9.59 Å². The average Bonchev–Trinajstić information content (AvgIpc) is 3.51. The first-order valence-corrected chi connectivity index (χ1v) is 12.8. The fourth-order valence-electron chi connectivity index (χ4n) is 4.47. The number of benzene rings is 2. The molecule has 0 bridgehead atoms. The third-order valence-corrected chi connectivity index (χ3v) is 7.28. The zero-order valence-electron chi connectivity index (χ0n) is 19.5. The lowest BCUT2D eigenvalue weighted by Gasteiger charge is -2.24. The van der Waals surface area contributed by atoms with Gasteiger partial charge < -0.3 is 20.3 Å². The lowest BCUT2D eigenvalue weighted by Crippen LogP contribution is -2.39. The number of carbonyl (C=O) groups excluding carboxylic acids is 2. The van der Waals surface area contributed by atoms with Gasteiger partial charge in [0.15, 0.2) is 0 Å². The van der Waals surface area contributed by atoms with Crippen LogP contribution in [0.1, 0.15) is 22.6 Å². The molecule has 2 aromatic carbocycles. The van der Waals surface area contributed by atoms with Gasteiger partial charge in [0.25, 0.3) is 0 Å². The van der Waals surface area contributed by atoms with Gasteiger partial charge in [-0.2, -0.15) is 0 Å². The summed E-state index contributed by atoms with van der Waals surface area (Å²) in [6, 6.07) is 18.2. The zero-order chi connectivity index (χ0) is 24.0. The maximum Gasteiger partial charge on any atom is 0.231 e. The van der Waals surface area contributed by atoms with Crippen LogP contribution in [0.25, 0.3) is 0 Å². The van der Waals surface area contributed by atoms with Crippen LogP contribution in [0, 0.1) is 5.92 Å². The zero-order valence-corrected chi connectivity index (χ0v) is 20.3. The molecular formula is C26H29N5O3S. The normalized spacial score (nSPS) is 20.2. The summed E-state index contributed by atoms with van der Waals surface area (Å²) in [4.78, 5) is 27.2. The van der Waals surface area contributed by atoms with Gasteiger partial charge in [-0.15, -0.1) is 10.2 Å². The monoisotopic (exact) mass is 491 g/mol. The number of carbonyl (C=O) groups is 2. The van der Waals surface area contributed by atoms with Crippen molar-refractivity contribution < 1.29 is 14.3 Å². The largest absolute Gasteiger partial charge is 0.375 e. The highest BCUT2D eigenvalue weighted by molar-refractivity contribution is 7.15. The standard InChI is InChI=1S/C26H29N5O3S/c32-24-15-20(17-31(24)21-9-6-19(7-10-21)14-22-16-27-12-13-34-22)25(33)28-26-30-29-23(35-26)11-8-18-4-2-1-3-5-18/h1-7,9-10,20,22,27H,8,11-17H2,(H,28,30,33). The summed E-state index contributed by atoms with van der Waals surface area (Å²) in [6.07, 6.45) is 2.84. The van der Waals surface area contributed by atoms with E-state index in [1.54, 1.807) is 4.90 Å². The molecule has 2 unspecified atom stereocenters. The molecule has 35 heavy (non-hydrogen) atoms. The fourth-order valence-corrected chi connectivity index (χ4v) is 5.21. The number of aryl methyl sites for hydroxylation is 2. The number of aromatic nitrogens is 2. The first kappa shape index (κ1) is 23.6. The molecule has 0 spiro atoms. The summed E-state index contributed by atoms with van der Waals surface area (Å²) in [6.45, 7) is 2.85. The Kier molecular flexibility index (Phi) is 7.46. The van der Waals surface area contributed by atoms with Crippen LogP contribution < -0.4 is 15.5 Å². The van der Waals surface area contributed by atoms with Gasteiger partial charge in [0.1, 0.15) is 5.01 Å². The van der Waals surface area contributed by atoms with Crippen molar-refractivity contribution >= 4 is 34.0 Å². The summed E-state index contributed by atoms with van der Waals surface area (Å²) in [7, 11) is 0. The van der Waals surface area contributed by atoms with Crippen LogP contribution in [0.15, 0.2) is 54.6 Å². The van der Waals surface area contributed by atoms with E-state index in [1.807, 2.05) is 42.5 Å². The number of hydrogen-bond donors (Lipinski definition) is 2. The molecule has 2 atom stereocenters. The number of morpholine rings is 1. The summed E-state index contributed by atoms with van der Waals surface area (Å²) >= 11 is 1.39. The molecule has 2 saturated heterocycles. The van der Waals surface area contributed by atoms with Crippen LogP contribution in [-0.4, -0.2) is 54.4 Å². The maximum absolute atomic E-state index is 12.8. The maximum atomic E-state index is 12.8.